The van der Waals surface area contributed by atoms with Crippen LogP contribution in [0, 0.1) is 0 Å². The number of unbranched alkanes of at least 4 members (excludes halogenated alkanes) is 14. The van der Waals surface area contributed by atoms with Crippen molar-refractivity contribution in [2.45, 2.75) is 139 Å². The first kappa shape index (κ1) is 50.3. The van der Waals surface area contributed by atoms with Crippen LogP contribution in [0.2, 0.25) is 0 Å². The molecule has 0 saturated heterocycles. The summed E-state index contributed by atoms with van der Waals surface area (Å²) in [4.78, 5) is -0.869. The molecule has 0 aliphatic heterocycles. The van der Waals surface area contributed by atoms with E-state index in [0.29, 0.717) is 24.3 Å². The number of phenolic OH excluding ortho intramolecular Hbond substituents is 1. The molecule has 4 aromatic carbocycles. The molecule has 0 heterocycles. The van der Waals surface area contributed by atoms with Crippen molar-refractivity contribution in [1.82, 2.24) is 0 Å². The predicted molar refractivity (Wildman–Crippen MR) is 223 cm³/mol. The Bertz CT molecular complexity index is 1810. The van der Waals surface area contributed by atoms with E-state index in [0.717, 1.165) is 44.9 Å². The first-order valence-corrected chi connectivity index (χ1v) is 22.8. The Kier molecular flexibility index (Phi) is 23.8. The average Bonchev–Trinajstić information content (AvgIpc) is 3.16. The van der Waals surface area contributed by atoms with Gasteiger partial charge in [0.25, 0.3) is 10.1 Å². The molecule has 0 spiro atoms. The molecule has 0 atom stereocenters. The maximum atomic E-state index is 12.3. The van der Waals surface area contributed by atoms with Gasteiger partial charge in [-0.2, -0.15) is 8.42 Å². The molecule has 4 aromatic rings. The van der Waals surface area contributed by atoms with Crippen LogP contribution in [0.15, 0.2) is 94.7 Å². The number of rotatable bonds is 24. The van der Waals surface area contributed by atoms with E-state index in [-0.39, 0.29) is 77.4 Å². The Morgan fingerprint density at radius 1 is 0.526 bits per heavy atom. The molecule has 0 aliphatic carbocycles. The maximum Gasteiger partial charge on any atom is 2.00 e. The van der Waals surface area contributed by atoms with Crippen molar-refractivity contribution in [3.05, 3.63) is 96.1 Å². The summed E-state index contributed by atoms with van der Waals surface area (Å²) >= 11 is 0. The van der Waals surface area contributed by atoms with Crippen molar-refractivity contribution in [3.8, 4) is 34.5 Å². The van der Waals surface area contributed by atoms with Gasteiger partial charge in [-0.05, 0) is 73.7 Å². The Labute approximate surface area is 370 Å². The molecule has 2 N–H and O–H groups in total. The molecule has 4 rings (SSSR count). The molecule has 308 valence electrons. The maximum absolute atomic E-state index is 12.3. The quantitative estimate of drug-likeness (QED) is 0.0392. The minimum absolute atomic E-state index is 0. The summed E-state index contributed by atoms with van der Waals surface area (Å²) in [6.45, 7) is 4.37. The molecule has 57 heavy (non-hydrogen) atoms. The smallest absolute Gasteiger partial charge is 0.872 e. The number of ether oxygens (including phenoxy) is 2. The van der Waals surface area contributed by atoms with Crippen molar-refractivity contribution in [2.75, 3.05) is 0 Å². The first-order valence-electron chi connectivity index (χ1n) is 19.9. The van der Waals surface area contributed by atoms with E-state index in [1.54, 1.807) is 54.6 Å². The van der Waals surface area contributed by atoms with Crippen molar-refractivity contribution in [3.63, 3.8) is 0 Å². The van der Waals surface area contributed by atoms with Gasteiger partial charge in [0.1, 0.15) is 43.8 Å². The predicted octanol–water partition coefficient (Wildman–Crippen LogP) is 10.9. The van der Waals surface area contributed by atoms with E-state index in [4.69, 9.17) is 9.47 Å². The van der Waals surface area contributed by atoms with Crippen LogP contribution in [0.5, 0.6) is 34.5 Å². The van der Waals surface area contributed by atoms with E-state index in [9.17, 15) is 36.2 Å². The molecular formula is C44H58CaO10S2. The van der Waals surface area contributed by atoms with Gasteiger partial charge < -0.3 is 24.2 Å². The summed E-state index contributed by atoms with van der Waals surface area (Å²) in [6.07, 6.45) is 18.1. The molecule has 0 unspecified atom stereocenters. The van der Waals surface area contributed by atoms with Crippen LogP contribution in [0.25, 0.3) is 0 Å². The number of phenols is 1. The van der Waals surface area contributed by atoms with Gasteiger partial charge in [0.2, 0.25) is 0 Å². The van der Waals surface area contributed by atoms with E-state index < -0.39 is 30.9 Å². The van der Waals surface area contributed by atoms with E-state index in [2.05, 4.69) is 13.8 Å². The molecule has 0 fully saturated rings. The van der Waals surface area contributed by atoms with Crippen molar-refractivity contribution < 1.29 is 45.6 Å². The van der Waals surface area contributed by atoms with Crippen LogP contribution in [0.3, 0.4) is 0 Å². The van der Waals surface area contributed by atoms with Gasteiger partial charge in [0.15, 0.2) is 0 Å². The summed E-state index contributed by atoms with van der Waals surface area (Å²) < 4.78 is 80.7. The average molecular weight is 851 g/mol. The van der Waals surface area contributed by atoms with Crippen molar-refractivity contribution in [1.29, 1.82) is 0 Å². The summed E-state index contributed by atoms with van der Waals surface area (Å²) in [6, 6.07) is 22.6. The third-order valence-electron chi connectivity index (χ3n) is 9.39. The van der Waals surface area contributed by atoms with Crippen LogP contribution in [0.1, 0.15) is 128 Å². The molecule has 0 saturated carbocycles. The standard InChI is InChI=1S/2C22H30O5S.Ca/c2*1-2-3-4-5-6-7-8-12-15-19-20(23)16-17-21(22(19)28(24,25)26)27-18-13-10-9-11-14-18;/h2*9-11,13-14,16-17,23H,2-8,12,15H2,1H3,(H,24,25,26);/q;;+2/p-2. The number of hydrogen-bond acceptors (Lipinski definition) is 9. The molecule has 0 aromatic heterocycles. The second-order valence-corrected chi connectivity index (χ2v) is 16.6. The minimum atomic E-state index is -4.84. The Hall–Kier alpha value is -2.84. The first-order chi connectivity index (χ1) is 26.9. The van der Waals surface area contributed by atoms with Gasteiger partial charge in [0, 0.05) is 5.56 Å². The molecular weight excluding hydrogens is 793 g/mol. The van der Waals surface area contributed by atoms with Crippen LogP contribution < -0.4 is 14.6 Å². The third kappa shape index (κ3) is 18.3. The topological polar surface area (TPSA) is 173 Å². The summed E-state index contributed by atoms with van der Waals surface area (Å²) in [7, 11) is -9.39. The molecule has 10 nitrogen and oxygen atoms in total. The van der Waals surface area contributed by atoms with Crippen molar-refractivity contribution in [2.24, 2.45) is 0 Å². The molecule has 0 radical (unpaired) electrons. The Morgan fingerprint density at radius 2 is 0.912 bits per heavy atom. The van der Waals surface area contributed by atoms with Gasteiger partial charge in [0.05, 0.1) is 4.90 Å². The number of aromatic hydroxyl groups is 1. The van der Waals surface area contributed by atoms with E-state index >= 15 is 0 Å². The largest absolute Gasteiger partial charge is 2.00 e. The number of para-hydroxylation sites is 2. The van der Waals surface area contributed by atoms with Crippen LogP contribution in [0.4, 0.5) is 0 Å². The second kappa shape index (κ2) is 27.0. The monoisotopic (exact) mass is 850 g/mol. The zero-order chi connectivity index (χ0) is 40.8. The van der Waals surface area contributed by atoms with Crippen molar-refractivity contribution >= 4 is 58.0 Å². The summed E-state index contributed by atoms with van der Waals surface area (Å²) in [5, 5.41) is 22.5. The van der Waals surface area contributed by atoms with Gasteiger partial charge in [-0.25, -0.2) is 8.42 Å². The van der Waals surface area contributed by atoms with Gasteiger partial charge in [-0.1, -0.05) is 146 Å². The van der Waals surface area contributed by atoms with Crippen LogP contribution >= 0.6 is 0 Å². The van der Waals surface area contributed by atoms with Crippen LogP contribution in [-0.2, 0) is 33.1 Å². The molecule has 0 bridgehead atoms. The fourth-order valence-electron chi connectivity index (χ4n) is 6.48. The second-order valence-electron chi connectivity index (χ2n) is 14.0. The van der Waals surface area contributed by atoms with E-state index in [1.165, 1.54) is 75.6 Å². The zero-order valence-corrected chi connectivity index (χ0v) is 37.3. The normalized spacial score (nSPS) is 11.3. The Morgan fingerprint density at radius 3 is 1.33 bits per heavy atom. The van der Waals surface area contributed by atoms with Gasteiger partial charge in [-0.15, -0.1) is 5.75 Å². The molecule has 0 aliphatic rings. The SMILES string of the molecule is CCCCCCCCCCc1c(O)ccc(Oc2ccccc2)c1S(=O)(=O)O.CCCCCCCCCCc1c([O-])ccc(Oc2ccccc2)c1S(=O)(=O)[O-].[Ca+2]. The number of hydrogen-bond donors (Lipinski definition) is 2. The fraction of sp³-hybridized carbons (Fsp3) is 0.455. The summed E-state index contributed by atoms with van der Waals surface area (Å²) in [5.74, 6) is 0.213. The van der Waals surface area contributed by atoms with E-state index in [1.807, 2.05) is 6.07 Å². The van der Waals surface area contributed by atoms with Gasteiger partial charge >= 0.3 is 37.7 Å². The fourth-order valence-corrected chi connectivity index (χ4v) is 8.22. The third-order valence-corrected chi connectivity index (χ3v) is 11.3. The van der Waals surface area contributed by atoms with Gasteiger partial charge in [-0.3, -0.25) is 4.55 Å². The Balaban J connectivity index is 0.000000387. The number of benzene rings is 4. The summed E-state index contributed by atoms with van der Waals surface area (Å²) in [5.41, 5.74) is 0.247. The molecule has 13 heteroatoms. The minimum Gasteiger partial charge on any atom is -0.872 e. The zero-order valence-electron chi connectivity index (χ0n) is 33.5. The molecule has 0 amide bonds. The van der Waals surface area contributed by atoms with Crippen LogP contribution in [-0.4, -0.2) is 68.8 Å².